The van der Waals surface area contributed by atoms with Gasteiger partial charge in [-0.25, -0.2) is 4.79 Å². The number of carbonyl (C=O) groups is 2. The number of alkyl halides is 3. The molecule has 0 bridgehead atoms. The molecule has 4 nitrogen and oxygen atoms in total. The van der Waals surface area contributed by atoms with E-state index in [1.54, 1.807) is 39.9 Å². The minimum atomic E-state index is -4.97. The van der Waals surface area contributed by atoms with E-state index in [0.717, 1.165) is 0 Å². The highest BCUT2D eigenvalue weighted by Gasteiger charge is 2.38. The van der Waals surface area contributed by atoms with E-state index in [0.29, 0.717) is 11.1 Å². The molecule has 0 unspecified atom stereocenters. The van der Waals surface area contributed by atoms with E-state index in [9.17, 15) is 22.8 Å². The number of amides is 1. The zero-order valence-electron chi connectivity index (χ0n) is 13.0. The van der Waals surface area contributed by atoms with Crippen LogP contribution in [-0.4, -0.2) is 23.7 Å². The van der Waals surface area contributed by atoms with Gasteiger partial charge in [0.05, 0.1) is 5.56 Å². The molecular weight excluding hydrogens is 299 g/mol. The molecule has 1 rings (SSSR count). The Balaban J connectivity index is 3.08. The van der Waals surface area contributed by atoms with E-state index in [1.165, 1.54) is 12.1 Å². The summed E-state index contributed by atoms with van der Waals surface area (Å²) in [7, 11) is 0. The molecule has 1 amide bonds. The average Bonchev–Trinajstić information content (AvgIpc) is 2.23. The van der Waals surface area contributed by atoms with Gasteiger partial charge in [0.1, 0.15) is 5.60 Å². The van der Waals surface area contributed by atoms with Crippen molar-refractivity contribution < 1.29 is 27.5 Å². The number of anilines is 1. The Morgan fingerprint density at radius 2 is 1.50 bits per heavy atom. The third kappa shape index (κ3) is 4.75. The van der Waals surface area contributed by atoms with Crippen molar-refractivity contribution in [2.45, 2.75) is 46.4 Å². The quantitative estimate of drug-likeness (QED) is 0.845. The summed E-state index contributed by atoms with van der Waals surface area (Å²) in [4.78, 5) is 23.0. The van der Waals surface area contributed by atoms with Crippen LogP contribution in [0.2, 0.25) is 0 Å². The third-order valence-corrected chi connectivity index (χ3v) is 2.65. The second-order valence-corrected chi connectivity index (χ2v) is 5.94. The van der Waals surface area contributed by atoms with Crippen LogP contribution in [0.5, 0.6) is 0 Å². The smallest absolute Gasteiger partial charge is 0.456 e. The summed E-state index contributed by atoms with van der Waals surface area (Å²) in [5, 5.41) is 1.76. The molecule has 0 fully saturated rings. The maximum Gasteiger partial charge on any atom is 0.471 e. The van der Waals surface area contributed by atoms with E-state index in [1.807, 2.05) is 0 Å². The van der Waals surface area contributed by atoms with E-state index in [4.69, 9.17) is 4.74 Å². The molecule has 0 saturated carbocycles. The van der Waals surface area contributed by atoms with Crippen molar-refractivity contribution in [1.29, 1.82) is 0 Å². The largest absolute Gasteiger partial charge is 0.471 e. The number of rotatable bonds is 2. The number of benzene rings is 1. The fourth-order valence-corrected chi connectivity index (χ4v) is 1.89. The van der Waals surface area contributed by atoms with Gasteiger partial charge in [-0.1, -0.05) is 0 Å². The Hall–Kier alpha value is -2.05. The first-order valence-corrected chi connectivity index (χ1v) is 6.54. The van der Waals surface area contributed by atoms with E-state index in [2.05, 4.69) is 0 Å². The minimum absolute atomic E-state index is 0.0235. The van der Waals surface area contributed by atoms with Crippen LogP contribution in [0.4, 0.5) is 18.9 Å². The normalized spacial score (nSPS) is 12.0. The molecule has 1 aromatic rings. The van der Waals surface area contributed by atoms with E-state index >= 15 is 0 Å². The highest BCUT2D eigenvalue weighted by atomic mass is 19.4. The van der Waals surface area contributed by atoms with Crippen LogP contribution >= 0.6 is 0 Å². The molecule has 1 N–H and O–H groups in total. The highest BCUT2D eigenvalue weighted by molar-refractivity contribution is 5.97. The van der Waals surface area contributed by atoms with Crippen molar-refractivity contribution in [3.63, 3.8) is 0 Å². The predicted molar refractivity (Wildman–Crippen MR) is 75.8 cm³/mol. The first-order valence-electron chi connectivity index (χ1n) is 6.54. The molecule has 0 aromatic heterocycles. The van der Waals surface area contributed by atoms with Gasteiger partial charge in [0.25, 0.3) is 0 Å². The number of esters is 1. The lowest BCUT2D eigenvalue weighted by Crippen LogP contribution is -2.30. The Kier molecular flexibility index (Phi) is 4.89. The third-order valence-electron chi connectivity index (χ3n) is 2.65. The molecule has 122 valence electrons. The second kappa shape index (κ2) is 5.98. The fraction of sp³-hybridized carbons (Fsp3) is 0.467. The van der Waals surface area contributed by atoms with Crippen LogP contribution in [0, 0.1) is 13.8 Å². The first-order chi connectivity index (χ1) is 9.81. The Morgan fingerprint density at radius 3 is 1.86 bits per heavy atom. The maximum absolute atomic E-state index is 12.2. The molecule has 0 aliphatic carbocycles. The highest BCUT2D eigenvalue weighted by Crippen LogP contribution is 2.24. The molecule has 0 aliphatic rings. The molecule has 0 atom stereocenters. The summed E-state index contributed by atoms with van der Waals surface area (Å²) in [6.07, 6.45) is -4.97. The van der Waals surface area contributed by atoms with Crippen molar-refractivity contribution >= 4 is 17.6 Å². The molecule has 22 heavy (non-hydrogen) atoms. The van der Waals surface area contributed by atoms with Crippen LogP contribution in [0.3, 0.4) is 0 Å². The minimum Gasteiger partial charge on any atom is -0.456 e. The van der Waals surface area contributed by atoms with Crippen molar-refractivity contribution in [3.8, 4) is 0 Å². The lowest BCUT2D eigenvalue weighted by Gasteiger charge is -2.21. The number of carbonyl (C=O) groups excluding carboxylic acids is 2. The van der Waals surface area contributed by atoms with Crippen LogP contribution in [0.1, 0.15) is 42.3 Å². The van der Waals surface area contributed by atoms with Gasteiger partial charge in [-0.3, -0.25) is 4.79 Å². The summed E-state index contributed by atoms with van der Waals surface area (Å²) in [5.74, 6) is -2.62. The molecule has 7 heteroatoms. The molecule has 0 heterocycles. The van der Waals surface area contributed by atoms with Crippen LogP contribution in [-0.2, 0) is 9.53 Å². The fourth-order valence-electron chi connectivity index (χ4n) is 1.89. The van der Waals surface area contributed by atoms with Crippen molar-refractivity contribution in [2.75, 3.05) is 5.32 Å². The molecular formula is C15H18F3NO3. The number of hydrogen-bond acceptors (Lipinski definition) is 3. The number of halogens is 3. The van der Waals surface area contributed by atoms with Gasteiger partial charge in [0.15, 0.2) is 0 Å². The topological polar surface area (TPSA) is 55.4 Å². The van der Waals surface area contributed by atoms with Gasteiger partial charge < -0.3 is 10.1 Å². The Bertz CT molecular complexity index is 578. The van der Waals surface area contributed by atoms with Gasteiger partial charge in [-0.2, -0.15) is 13.2 Å². The standard InChI is InChI=1S/C15H18F3NO3/c1-8-6-10(19-13(21)15(16,17)18)7-9(2)11(8)12(20)22-14(3,4)5/h6-7H,1-5H3,(H,19,21). The molecule has 0 saturated heterocycles. The molecule has 1 aromatic carbocycles. The van der Waals surface area contributed by atoms with Gasteiger partial charge in [0, 0.05) is 5.69 Å². The zero-order valence-corrected chi connectivity index (χ0v) is 13.0. The summed E-state index contributed by atoms with van der Waals surface area (Å²) in [6, 6.07) is 2.60. The first kappa shape index (κ1) is 18.0. The van der Waals surface area contributed by atoms with E-state index < -0.39 is 23.7 Å². The Labute approximate surface area is 126 Å². The predicted octanol–water partition coefficient (Wildman–Crippen LogP) is 3.76. The lowest BCUT2D eigenvalue weighted by molar-refractivity contribution is -0.167. The van der Waals surface area contributed by atoms with Gasteiger partial charge in [-0.05, 0) is 57.9 Å². The molecule has 0 radical (unpaired) electrons. The SMILES string of the molecule is Cc1cc(NC(=O)C(F)(F)F)cc(C)c1C(=O)OC(C)(C)C. The summed E-state index contributed by atoms with van der Waals surface area (Å²) >= 11 is 0. The van der Waals surface area contributed by atoms with Crippen molar-refractivity contribution in [2.24, 2.45) is 0 Å². The summed E-state index contributed by atoms with van der Waals surface area (Å²) in [5.41, 5.74) is 0.419. The van der Waals surface area contributed by atoms with Gasteiger partial charge in [0.2, 0.25) is 0 Å². The van der Waals surface area contributed by atoms with Crippen LogP contribution in [0.15, 0.2) is 12.1 Å². The summed E-state index contributed by atoms with van der Waals surface area (Å²) in [6.45, 7) is 8.28. The maximum atomic E-state index is 12.2. The van der Waals surface area contributed by atoms with Crippen LogP contribution < -0.4 is 5.32 Å². The molecule has 0 aliphatic heterocycles. The average molecular weight is 317 g/mol. The Morgan fingerprint density at radius 1 is 1.05 bits per heavy atom. The number of nitrogens with one attached hydrogen (secondary N) is 1. The monoisotopic (exact) mass is 317 g/mol. The number of ether oxygens (including phenoxy) is 1. The number of hydrogen-bond donors (Lipinski definition) is 1. The van der Waals surface area contributed by atoms with E-state index in [-0.39, 0.29) is 11.3 Å². The van der Waals surface area contributed by atoms with Crippen molar-refractivity contribution in [3.05, 3.63) is 28.8 Å². The lowest BCUT2D eigenvalue weighted by atomic mass is 10.0. The van der Waals surface area contributed by atoms with Crippen LogP contribution in [0.25, 0.3) is 0 Å². The molecule has 0 spiro atoms. The van der Waals surface area contributed by atoms with Crippen molar-refractivity contribution in [1.82, 2.24) is 0 Å². The number of aryl methyl sites for hydroxylation is 2. The second-order valence-electron chi connectivity index (χ2n) is 5.94. The zero-order chi connectivity index (χ0) is 17.3. The van der Waals surface area contributed by atoms with Gasteiger partial charge >= 0.3 is 18.1 Å². The summed E-state index contributed by atoms with van der Waals surface area (Å²) < 4.78 is 42.0. The van der Waals surface area contributed by atoms with Gasteiger partial charge in [-0.15, -0.1) is 0 Å².